The summed E-state index contributed by atoms with van der Waals surface area (Å²) >= 11 is 0. The Bertz CT molecular complexity index is 794. The van der Waals surface area contributed by atoms with Gasteiger partial charge in [0.05, 0.1) is 19.8 Å². The second-order valence-electron chi connectivity index (χ2n) is 6.53. The monoisotopic (exact) mass is 361 g/mol. The van der Waals surface area contributed by atoms with Crippen LogP contribution in [0.4, 0.5) is 0 Å². The molecular formula is C18H23N3O5. The number of aliphatic hydroxyl groups is 1. The van der Waals surface area contributed by atoms with Gasteiger partial charge in [0.15, 0.2) is 11.5 Å². The maximum absolute atomic E-state index is 12.2. The summed E-state index contributed by atoms with van der Waals surface area (Å²) in [4.78, 5) is 16.6. The molecule has 3 rings (SSSR count). The normalized spacial score (nSPS) is 22.4. The number of rotatable bonds is 5. The van der Waals surface area contributed by atoms with E-state index in [9.17, 15) is 15.0 Å². The van der Waals surface area contributed by atoms with Gasteiger partial charge in [-0.05, 0) is 38.0 Å². The molecule has 1 aromatic heterocycles. The van der Waals surface area contributed by atoms with E-state index < -0.39 is 6.10 Å². The molecule has 1 fully saturated rings. The average Bonchev–Trinajstić information content (AvgIpc) is 3.15. The SMILES string of the molecule is COc1ccc(-c2nc(CNC(=O)[C@H]3C[C@@H](N)[C@H](O)C3)c(C)o2)cc1O. The number of ether oxygens (including phenoxy) is 1. The predicted molar refractivity (Wildman–Crippen MR) is 93.4 cm³/mol. The second kappa shape index (κ2) is 7.35. The molecule has 0 aliphatic heterocycles. The van der Waals surface area contributed by atoms with E-state index in [4.69, 9.17) is 14.9 Å². The molecule has 2 aromatic rings. The molecule has 1 aliphatic rings. The van der Waals surface area contributed by atoms with Crippen LogP contribution in [0.3, 0.4) is 0 Å². The van der Waals surface area contributed by atoms with E-state index in [0.29, 0.717) is 41.5 Å². The molecule has 1 saturated carbocycles. The fourth-order valence-electron chi connectivity index (χ4n) is 3.12. The third-order valence-corrected chi connectivity index (χ3v) is 4.70. The smallest absolute Gasteiger partial charge is 0.226 e. The van der Waals surface area contributed by atoms with E-state index >= 15 is 0 Å². The number of hydrogen-bond acceptors (Lipinski definition) is 7. The van der Waals surface area contributed by atoms with Crippen LogP contribution in [-0.4, -0.2) is 40.4 Å². The van der Waals surface area contributed by atoms with Crippen molar-refractivity contribution >= 4 is 5.91 Å². The molecule has 0 bridgehead atoms. The van der Waals surface area contributed by atoms with Crippen molar-refractivity contribution in [3.63, 3.8) is 0 Å². The quantitative estimate of drug-likeness (QED) is 0.627. The largest absolute Gasteiger partial charge is 0.504 e. The molecule has 1 aliphatic carbocycles. The number of oxazole rings is 1. The van der Waals surface area contributed by atoms with Gasteiger partial charge in [0, 0.05) is 17.5 Å². The molecule has 140 valence electrons. The third kappa shape index (κ3) is 3.66. The first kappa shape index (κ1) is 18.2. The molecule has 1 amide bonds. The fraction of sp³-hybridized carbons (Fsp3) is 0.444. The lowest BCUT2D eigenvalue weighted by Crippen LogP contribution is -2.30. The van der Waals surface area contributed by atoms with Crippen LogP contribution >= 0.6 is 0 Å². The summed E-state index contributed by atoms with van der Waals surface area (Å²) in [7, 11) is 1.47. The van der Waals surface area contributed by atoms with Crippen LogP contribution in [0.15, 0.2) is 22.6 Å². The number of amides is 1. The van der Waals surface area contributed by atoms with Gasteiger partial charge >= 0.3 is 0 Å². The first-order valence-corrected chi connectivity index (χ1v) is 8.44. The Balaban J connectivity index is 1.67. The zero-order valence-electron chi connectivity index (χ0n) is 14.7. The van der Waals surface area contributed by atoms with E-state index in [1.54, 1.807) is 19.1 Å². The summed E-state index contributed by atoms with van der Waals surface area (Å²) in [5.74, 6) is 0.850. The summed E-state index contributed by atoms with van der Waals surface area (Å²) in [6, 6.07) is 4.51. The highest BCUT2D eigenvalue weighted by Crippen LogP contribution is 2.31. The van der Waals surface area contributed by atoms with E-state index in [1.165, 1.54) is 13.2 Å². The molecular weight excluding hydrogens is 338 g/mol. The minimum absolute atomic E-state index is 0.00756. The van der Waals surface area contributed by atoms with Gasteiger partial charge in [-0.3, -0.25) is 4.79 Å². The maximum Gasteiger partial charge on any atom is 0.226 e. The minimum Gasteiger partial charge on any atom is -0.504 e. The number of nitrogens with zero attached hydrogens (tertiary/aromatic N) is 1. The van der Waals surface area contributed by atoms with Crippen molar-refractivity contribution in [3.05, 3.63) is 29.7 Å². The van der Waals surface area contributed by atoms with Crippen LogP contribution in [0, 0.1) is 12.8 Å². The number of methoxy groups -OCH3 is 1. The van der Waals surface area contributed by atoms with Gasteiger partial charge in [0.25, 0.3) is 0 Å². The Hall–Kier alpha value is -2.58. The number of benzene rings is 1. The summed E-state index contributed by atoms with van der Waals surface area (Å²) in [5.41, 5.74) is 6.96. The maximum atomic E-state index is 12.2. The summed E-state index contributed by atoms with van der Waals surface area (Å²) < 4.78 is 10.7. The Morgan fingerprint density at radius 1 is 1.46 bits per heavy atom. The number of aromatic nitrogens is 1. The molecule has 26 heavy (non-hydrogen) atoms. The highest BCUT2D eigenvalue weighted by atomic mass is 16.5. The van der Waals surface area contributed by atoms with Gasteiger partial charge in [0.1, 0.15) is 11.5 Å². The van der Waals surface area contributed by atoms with Crippen LogP contribution in [0.2, 0.25) is 0 Å². The van der Waals surface area contributed by atoms with Gasteiger partial charge in [0.2, 0.25) is 11.8 Å². The average molecular weight is 361 g/mol. The first-order valence-electron chi connectivity index (χ1n) is 8.44. The standard InChI is InChI=1S/C18H23N3O5/c1-9-13(8-20-17(24)11-5-12(19)14(22)7-11)21-18(26-9)10-3-4-16(25-2)15(23)6-10/h3-4,6,11-12,14,22-23H,5,7-8,19H2,1-2H3,(H,20,24)/t11-,12+,14+/m0/s1. The number of aromatic hydroxyl groups is 1. The molecule has 8 heteroatoms. The lowest BCUT2D eigenvalue weighted by molar-refractivity contribution is -0.125. The number of carbonyl (C=O) groups excluding carboxylic acids is 1. The van der Waals surface area contributed by atoms with E-state index in [0.717, 1.165) is 0 Å². The Kier molecular flexibility index (Phi) is 5.15. The summed E-state index contributed by atoms with van der Waals surface area (Å²) in [6.45, 7) is 1.98. The number of nitrogens with two attached hydrogens (primary N) is 1. The molecule has 5 N–H and O–H groups in total. The van der Waals surface area contributed by atoms with Crippen molar-refractivity contribution in [2.75, 3.05) is 7.11 Å². The molecule has 8 nitrogen and oxygen atoms in total. The number of phenols is 1. The van der Waals surface area contributed by atoms with Crippen molar-refractivity contribution < 1.29 is 24.2 Å². The second-order valence-corrected chi connectivity index (χ2v) is 6.53. The zero-order chi connectivity index (χ0) is 18.8. The van der Waals surface area contributed by atoms with E-state index in [2.05, 4.69) is 10.3 Å². The topological polar surface area (TPSA) is 131 Å². The lowest BCUT2D eigenvalue weighted by Gasteiger charge is -2.09. The van der Waals surface area contributed by atoms with Crippen molar-refractivity contribution in [2.45, 2.75) is 38.5 Å². The Morgan fingerprint density at radius 2 is 2.23 bits per heavy atom. The predicted octanol–water partition coefficient (Wildman–Crippen LogP) is 1.08. The van der Waals surface area contributed by atoms with Crippen LogP contribution in [-0.2, 0) is 11.3 Å². The number of carbonyl (C=O) groups is 1. The van der Waals surface area contributed by atoms with Crippen molar-refractivity contribution in [1.82, 2.24) is 10.3 Å². The van der Waals surface area contributed by atoms with E-state index in [1.807, 2.05) is 0 Å². The number of hydrogen-bond donors (Lipinski definition) is 4. The van der Waals surface area contributed by atoms with Gasteiger partial charge < -0.3 is 30.4 Å². The van der Waals surface area contributed by atoms with Crippen LogP contribution < -0.4 is 15.8 Å². The minimum atomic E-state index is -0.631. The van der Waals surface area contributed by atoms with Crippen LogP contribution in [0.1, 0.15) is 24.3 Å². The number of aliphatic hydroxyl groups excluding tert-OH is 1. The highest BCUT2D eigenvalue weighted by Gasteiger charge is 2.34. The van der Waals surface area contributed by atoms with Crippen LogP contribution in [0.25, 0.3) is 11.5 Å². The Labute approximate surface area is 151 Å². The highest BCUT2D eigenvalue weighted by molar-refractivity contribution is 5.79. The first-order chi connectivity index (χ1) is 12.4. The van der Waals surface area contributed by atoms with Gasteiger partial charge in [-0.2, -0.15) is 0 Å². The molecule has 1 heterocycles. The summed E-state index contributed by atoms with van der Waals surface area (Å²) in [5, 5.41) is 22.4. The van der Waals surface area contributed by atoms with Gasteiger partial charge in [-0.15, -0.1) is 0 Å². The molecule has 0 saturated heterocycles. The number of aryl methyl sites for hydroxylation is 1. The molecule has 0 spiro atoms. The van der Waals surface area contributed by atoms with Gasteiger partial charge in [-0.1, -0.05) is 0 Å². The molecule has 0 radical (unpaired) electrons. The fourth-order valence-corrected chi connectivity index (χ4v) is 3.12. The van der Waals surface area contributed by atoms with Crippen molar-refractivity contribution in [1.29, 1.82) is 0 Å². The molecule has 3 atom stereocenters. The van der Waals surface area contributed by atoms with E-state index in [-0.39, 0.29) is 30.2 Å². The zero-order valence-corrected chi connectivity index (χ0v) is 14.7. The lowest BCUT2D eigenvalue weighted by atomic mass is 10.1. The van der Waals surface area contributed by atoms with Crippen molar-refractivity contribution in [2.24, 2.45) is 11.7 Å². The molecule has 1 aromatic carbocycles. The number of nitrogens with one attached hydrogen (secondary N) is 1. The van der Waals surface area contributed by atoms with Gasteiger partial charge in [-0.25, -0.2) is 4.98 Å². The van der Waals surface area contributed by atoms with Crippen LogP contribution in [0.5, 0.6) is 11.5 Å². The van der Waals surface area contributed by atoms with Crippen molar-refractivity contribution in [3.8, 4) is 23.0 Å². The number of phenolic OH excluding ortho intramolecular Hbond substituents is 1. The third-order valence-electron chi connectivity index (χ3n) is 4.70. The molecule has 0 unspecified atom stereocenters. The Morgan fingerprint density at radius 3 is 2.85 bits per heavy atom. The summed E-state index contributed by atoms with van der Waals surface area (Å²) in [6.07, 6.45) is 0.219.